The third-order valence-electron chi connectivity index (χ3n) is 3.78. The second kappa shape index (κ2) is 5.94. The molecule has 0 saturated carbocycles. The van der Waals surface area contributed by atoms with Crippen LogP contribution in [0.4, 0.5) is 0 Å². The van der Waals surface area contributed by atoms with E-state index < -0.39 is 16.1 Å². The molecule has 1 aliphatic heterocycles. The van der Waals surface area contributed by atoms with Gasteiger partial charge in [-0.05, 0) is 30.4 Å². The molecule has 1 atom stereocenters. The third-order valence-corrected chi connectivity index (χ3v) is 5.62. The molecular weight excluding hydrogens is 290 g/mol. The van der Waals surface area contributed by atoms with Crippen LogP contribution in [-0.2, 0) is 10.0 Å². The van der Waals surface area contributed by atoms with Crippen molar-refractivity contribution in [2.24, 2.45) is 5.41 Å². The molecule has 0 aromatic heterocycles. The first kappa shape index (κ1) is 16.3. The summed E-state index contributed by atoms with van der Waals surface area (Å²) in [5.74, 6) is 0.519. The molecule has 1 aliphatic rings. The van der Waals surface area contributed by atoms with Crippen LogP contribution in [0.2, 0.25) is 0 Å². The minimum atomic E-state index is -3.57. The van der Waals surface area contributed by atoms with E-state index >= 15 is 0 Å². The van der Waals surface area contributed by atoms with Gasteiger partial charge in [0.25, 0.3) is 0 Å². The molecule has 118 valence electrons. The van der Waals surface area contributed by atoms with Gasteiger partial charge in [0.1, 0.15) is 5.75 Å². The van der Waals surface area contributed by atoms with Crippen molar-refractivity contribution in [1.82, 2.24) is 4.31 Å². The lowest BCUT2D eigenvalue weighted by molar-refractivity contribution is 0.122. The van der Waals surface area contributed by atoms with E-state index in [1.54, 1.807) is 18.2 Å². The Morgan fingerprint density at radius 2 is 2.10 bits per heavy atom. The number of aliphatic hydroxyl groups excluding tert-OH is 1. The van der Waals surface area contributed by atoms with E-state index in [2.05, 4.69) is 0 Å². The Bertz CT molecular complexity index is 597. The molecule has 1 unspecified atom stereocenters. The maximum atomic E-state index is 12.8. The molecule has 0 aliphatic carbocycles. The average molecular weight is 313 g/mol. The highest BCUT2D eigenvalue weighted by atomic mass is 32.2. The number of ether oxygens (including phenoxy) is 1. The van der Waals surface area contributed by atoms with E-state index in [-0.39, 0.29) is 10.3 Å². The van der Waals surface area contributed by atoms with Crippen molar-refractivity contribution >= 4 is 10.0 Å². The van der Waals surface area contributed by atoms with Gasteiger partial charge >= 0.3 is 0 Å². The lowest BCUT2D eigenvalue weighted by Crippen LogP contribution is -2.37. The van der Waals surface area contributed by atoms with Crippen LogP contribution in [0.1, 0.15) is 26.7 Å². The predicted octanol–water partition coefficient (Wildman–Crippen LogP) is 1.87. The summed E-state index contributed by atoms with van der Waals surface area (Å²) in [6, 6.07) is 6.49. The number of nitrogens with zero attached hydrogens (tertiary/aromatic N) is 1. The number of rotatable bonds is 3. The number of hydrogen-bond donors (Lipinski definition) is 1. The highest BCUT2D eigenvalue weighted by Crippen LogP contribution is 2.31. The molecule has 0 amide bonds. The van der Waals surface area contributed by atoms with Crippen molar-refractivity contribution < 1.29 is 18.3 Å². The van der Waals surface area contributed by atoms with Crippen LogP contribution in [0.15, 0.2) is 29.2 Å². The summed E-state index contributed by atoms with van der Waals surface area (Å²) >= 11 is 0. The topological polar surface area (TPSA) is 66.8 Å². The minimum absolute atomic E-state index is 0.231. The molecule has 1 aromatic carbocycles. The first-order chi connectivity index (χ1) is 9.74. The van der Waals surface area contributed by atoms with Gasteiger partial charge in [0, 0.05) is 19.2 Å². The third kappa shape index (κ3) is 3.75. The fraction of sp³-hybridized carbons (Fsp3) is 0.600. The number of methoxy groups -OCH3 is 1. The second-order valence-electron chi connectivity index (χ2n) is 6.33. The van der Waals surface area contributed by atoms with Crippen LogP contribution >= 0.6 is 0 Å². The standard InChI is InChI=1S/C15H23NO4S/c1-15(2)10-12(17)7-8-16(11-15)21(18,19)14-6-4-5-13(9-14)20-3/h4-6,9,12,17H,7-8,10-11H2,1-3H3. The van der Waals surface area contributed by atoms with Gasteiger partial charge in [-0.25, -0.2) is 8.42 Å². The Hall–Kier alpha value is -1.11. The maximum Gasteiger partial charge on any atom is 0.243 e. The zero-order valence-electron chi connectivity index (χ0n) is 12.7. The van der Waals surface area contributed by atoms with Crippen LogP contribution in [0.3, 0.4) is 0 Å². The summed E-state index contributed by atoms with van der Waals surface area (Å²) in [6.45, 7) is 4.71. The molecule has 6 heteroatoms. The summed E-state index contributed by atoms with van der Waals surface area (Å²) in [5, 5.41) is 9.92. The molecule has 2 rings (SSSR count). The molecule has 0 bridgehead atoms. The second-order valence-corrected chi connectivity index (χ2v) is 8.27. The van der Waals surface area contributed by atoms with Crippen molar-refractivity contribution in [2.45, 2.75) is 37.7 Å². The van der Waals surface area contributed by atoms with Gasteiger partial charge in [-0.2, -0.15) is 4.31 Å². The van der Waals surface area contributed by atoms with E-state index in [1.165, 1.54) is 17.5 Å². The normalized spacial score (nSPS) is 23.5. The Labute approximate surface area is 126 Å². The fourth-order valence-electron chi connectivity index (χ4n) is 2.77. The van der Waals surface area contributed by atoms with Crippen molar-refractivity contribution in [3.63, 3.8) is 0 Å². The van der Waals surface area contributed by atoms with Crippen LogP contribution in [0, 0.1) is 5.41 Å². The molecule has 21 heavy (non-hydrogen) atoms. The largest absolute Gasteiger partial charge is 0.497 e. The monoisotopic (exact) mass is 313 g/mol. The van der Waals surface area contributed by atoms with Gasteiger partial charge in [0.15, 0.2) is 0 Å². The first-order valence-electron chi connectivity index (χ1n) is 7.07. The molecule has 0 radical (unpaired) electrons. The van der Waals surface area contributed by atoms with Gasteiger partial charge in [0.2, 0.25) is 10.0 Å². The lowest BCUT2D eigenvalue weighted by atomic mass is 9.87. The fourth-order valence-corrected chi connectivity index (χ4v) is 4.45. The van der Waals surface area contributed by atoms with E-state index in [0.29, 0.717) is 31.7 Å². The summed E-state index contributed by atoms with van der Waals surface area (Å²) in [5.41, 5.74) is -0.248. The highest BCUT2D eigenvalue weighted by molar-refractivity contribution is 7.89. The quantitative estimate of drug-likeness (QED) is 0.925. The van der Waals surface area contributed by atoms with E-state index in [4.69, 9.17) is 4.74 Å². The minimum Gasteiger partial charge on any atom is -0.497 e. The van der Waals surface area contributed by atoms with Gasteiger partial charge < -0.3 is 9.84 Å². The molecule has 1 aromatic rings. The molecule has 1 heterocycles. The number of aliphatic hydroxyl groups is 1. The highest BCUT2D eigenvalue weighted by Gasteiger charge is 2.35. The molecule has 1 N–H and O–H groups in total. The Kier molecular flexibility index (Phi) is 4.60. The number of benzene rings is 1. The van der Waals surface area contributed by atoms with Gasteiger partial charge in [0.05, 0.1) is 18.1 Å². The van der Waals surface area contributed by atoms with Gasteiger partial charge in [-0.3, -0.25) is 0 Å². The first-order valence-corrected chi connectivity index (χ1v) is 8.51. The van der Waals surface area contributed by atoms with Crippen molar-refractivity contribution in [2.75, 3.05) is 20.2 Å². The van der Waals surface area contributed by atoms with E-state index in [1.807, 2.05) is 13.8 Å². The maximum absolute atomic E-state index is 12.8. The number of hydrogen-bond acceptors (Lipinski definition) is 4. The lowest BCUT2D eigenvalue weighted by Gasteiger charge is -2.29. The van der Waals surface area contributed by atoms with Crippen LogP contribution < -0.4 is 4.74 Å². The summed E-state index contributed by atoms with van der Waals surface area (Å²) < 4.78 is 32.1. The SMILES string of the molecule is COc1cccc(S(=O)(=O)N2CCC(O)CC(C)(C)C2)c1. The van der Waals surface area contributed by atoms with Gasteiger partial charge in [-0.1, -0.05) is 19.9 Å². The molecule has 5 nitrogen and oxygen atoms in total. The van der Waals surface area contributed by atoms with Gasteiger partial charge in [-0.15, -0.1) is 0 Å². The van der Waals surface area contributed by atoms with Crippen molar-refractivity contribution in [1.29, 1.82) is 0 Å². The summed E-state index contributed by atoms with van der Waals surface area (Å²) in [4.78, 5) is 0.231. The molecular formula is C15H23NO4S. The van der Waals surface area contributed by atoms with E-state index in [9.17, 15) is 13.5 Å². The average Bonchev–Trinajstić information content (AvgIpc) is 2.56. The van der Waals surface area contributed by atoms with Crippen LogP contribution in [0.5, 0.6) is 5.75 Å². The molecule has 1 saturated heterocycles. The summed E-state index contributed by atoms with van der Waals surface area (Å²) in [6.07, 6.45) is 0.620. The number of sulfonamides is 1. The zero-order chi connectivity index (χ0) is 15.7. The Morgan fingerprint density at radius 1 is 1.38 bits per heavy atom. The summed E-state index contributed by atoms with van der Waals surface area (Å²) in [7, 11) is -2.06. The van der Waals surface area contributed by atoms with Crippen LogP contribution in [-0.4, -0.2) is 44.1 Å². The van der Waals surface area contributed by atoms with Crippen molar-refractivity contribution in [3.8, 4) is 5.75 Å². The Balaban J connectivity index is 2.33. The van der Waals surface area contributed by atoms with Crippen molar-refractivity contribution in [3.05, 3.63) is 24.3 Å². The predicted molar refractivity (Wildman–Crippen MR) is 80.8 cm³/mol. The van der Waals surface area contributed by atoms with Crippen LogP contribution in [0.25, 0.3) is 0 Å². The smallest absolute Gasteiger partial charge is 0.243 e. The molecule has 0 spiro atoms. The Morgan fingerprint density at radius 3 is 2.76 bits per heavy atom. The zero-order valence-corrected chi connectivity index (χ0v) is 13.6. The molecule has 1 fully saturated rings. The van der Waals surface area contributed by atoms with E-state index in [0.717, 1.165) is 0 Å².